The molecule has 0 atom stereocenters. The Morgan fingerprint density at radius 2 is 2.43 bits per heavy atom. The van der Waals surface area contributed by atoms with Crippen molar-refractivity contribution >= 4 is 32.2 Å². The number of fused-ring (bicyclic) bond motifs is 1. The van der Waals surface area contributed by atoms with Crippen molar-refractivity contribution in [2.24, 2.45) is 0 Å². The number of nitrogens with zero attached hydrogens (tertiary/aromatic N) is 2. The van der Waals surface area contributed by atoms with Gasteiger partial charge in [0.2, 0.25) is 0 Å². The number of aromatic nitrogens is 2. The normalized spacial score (nSPS) is 11.0. The Hall–Kier alpha value is -0.680. The number of alkyl halides is 1. The molecule has 0 saturated carbocycles. The van der Waals surface area contributed by atoms with Crippen LogP contribution < -0.4 is 5.56 Å². The van der Waals surface area contributed by atoms with Crippen molar-refractivity contribution in [3.8, 4) is 0 Å². The van der Waals surface area contributed by atoms with Crippen molar-refractivity contribution in [3.63, 3.8) is 0 Å². The van der Waals surface area contributed by atoms with Crippen molar-refractivity contribution in [1.82, 2.24) is 9.38 Å². The van der Waals surface area contributed by atoms with Gasteiger partial charge in [0.25, 0.3) is 5.56 Å². The Balaban J connectivity index is 2.68. The molecule has 0 saturated heterocycles. The molecule has 5 heteroatoms. The number of halogens is 1. The summed E-state index contributed by atoms with van der Waals surface area (Å²) < 4.78 is 1.64. The highest BCUT2D eigenvalue weighted by Crippen LogP contribution is 2.11. The maximum absolute atomic E-state index is 11.7. The summed E-state index contributed by atoms with van der Waals surface area (Å²) in [6, 6.07) is 1.61. The molecule has 0 spiro atoms. The molecule has 0 bridgehead atoms. The average molecular weight is 273 g/mol. The number of rotatable bonds is 2. The Labute approximate surface area is 93.5 Å². The number of hydrogen-bond donors (Lipinski definition) is 0. The fourth-order valence-electron chi connectivity index (χ4n) is 1.33. The van der Waals surface area contributed by atoms with Gasteiger partial charge in [0.05, 0.1) is 5.69 Å². The molecule has 2 aromatic rings. The number of hydrogen-bond acceptors (Lipinski definition) is 3. The first kappa shape index (κ1) is 9.86. The molecule has 0 radical (unpaired) electrons. The van der Waals surface area contributed by atoms with Crippen LogP contribution in [-0.4, -0.2) is 14.7 Å². The van der Waals surface area contributed by atoms with E-state index in [-0.39, 0.29) is 5.56 Å². The fraction of sp³-hybridized carbons (Fsp3) is 0.333. The SMILES string of the molecule is Cc1csc2nc(CCBr)cc(=O)n12. The smallest absolute Gasteiger partial charge is 0.258 e. The molecule has 0 aliphatic heterocycles. The van der Waals surface area contributed by atoms with E-state index in [1.165, 1.54) is 11.3 Å². The van der Waals surface area contributed by atoms with E-state index in [0.717, 1.165) is 28.1 Å². The van der Waals surface area contributed by atoms with Gasteiger partial charge in [-0.2, -0.15) is 0 Å². The van der Waals surface area contributed by atoms with Crippen LogP contribution in [0.2, 0.25) is 0 Å². The molecule has 3 nitrogen and oxygen atoms in total. The second-order valence-corrected chi connectivity index (χ2v) is 4.65. The molecule has 0 fully saturated rings. The third-order valence-electron chi connectivity index (χ3n) is 1.98. The second-order valence-electron chi connectivity index (χ2n) is 3.02. The van der Waals surface area contributed by atoms with Gasteiger partial charge in [-0.3, -0.25) is 9.20 Å². The molecular weight excluding hydrogens is 264 g/mol. The van der Waals surface area contributed by atoms with E-state index >= 15 is 0 Å². The molecular formula is C9H9BrN2OS. The zero-order valence-corrected chi connectivity index (χ0v) is 10.1. The summed E-state index contributed by atoms with van der Waals surface area (Å²) in [6.45, 7) is 1.91. The van der Waals surface area contributed by atoms with Gasteiger partial charge in [0.1, 0.15) is 0 Å². The molecule has 14 heavy (non-hydrogen) atoms. The Bertz CT molecular complexity index is 517. The summed E-state index contributed by atoms with van der Waals surface area (Å²) in [4.78, 5) is 16.9. The first-order chi connectivity index (χ1) is 6.72. The van der Waals surface area contributed by atoms with Gasteiger partial charge in [0.15, 0.2) is 4.96 Å². The molecule has 0 N–H and O–H groups in total. The van der Waals surface area contributed by atoms with Gasteiger partial charge in [-0.15, -0.1) is 11.3 Å². The van der Waals surface area contributed by atoms with E-state index < -0.39 is 0 Å². The van der Waals surface area contributed by atoms with Crippen molar-refractivity contribution in [1.29, 1.82) is 0 Å². The molecule has 0 aromatic carbocycles. The summed E-state index contributed by atoms with van der Waals surface area (Å²) in [5.41, 5.74) is 1.83. The zero-order valence-electron chi connectivity index (χ0n) is 7.66. The largest absolute Gasteiger partial charge is 0.269 e. The van der Waals surface area contributed by atoms with E-state index in [2.05, 4.69) is 20.9 Å². The van der Waals surface area contributed by atoms with Crippen LogP contribution in [-0.2, 0) is 6.42 Å². The lowest BCUT2D eigenvalue weighted by atomic mass is 10.3. The van der Waals surface area contributed by atoms with E-state index in [4.69, 9.17) is 0 Å². The number of thiazole rings is 1. The minimum atomic E-state index is 0.0182. The van der Waals surface area contributed by atoms with Crippen LogP contribution in [0.25, 0.3) is 4.96 Å². The van der Waals surface area contributed by atoms with Crippen LogP contribution in [0, 0.1) is 6.92 Å². The lowest BCUT2D eigenvalue weighted by molar-refractivity contribution is 0.967. The molecule has 0 aliphatic rings. The summed E-state index contributed by atoms with van der Waals surface area (Å²) in [6.07, 6.45) is 0.794. The second kappa shape index (κ2) is 3.82. The lowest BCUT2D eigenvalue weighted by Crippen LogP contribution is -2.15. The monoisotopic (exact) mass is 272 g/mol. The minimum Gasteiger partial charge on any atom is -0.269 e. The summed E-state index contributed by atoms with van der Waals surface area (Å²) in [5, 5.41) is 2.78. The maximum Gasteiger partial charge on any atom is 0.258 e. The first-order valence-corrected chi connectivity index (χ1v) is 6.25. The van der Waals surface area contributed by atoms with E-state index in [0.29, 0.717) is 0 Å². The quantitative estimate of drug-likeness (QED) is 0.784. The van der Waals surface area contributed by atoms with Crippen LogP contribution in [0.15, 0.2) is 16.2 Å². The van der Waals surface area contributed by atoms with E-state index in [1.54, 1.807) is 10.5 Å². The highest BCUT2D eigenvalue weighted by molar-refractivity contribution is 9.09. The van der Waals surface area contributed by atoms with Crippen molar-refractivity contribution in [2.45, 2.75) is 13.3 Å². The standard InChI is InChI=1S/C9H9BrN2OS/c1-6-5-14-9-11-7(2-3-10)4-8(13)12(6)9/h4-5H,2-3H2,1H3. The number of aryl methyl sites for hydroxylation is 2. The summed E-state index contributed by atoms with van der Waals surface area (Å²) in [7, 11) is 0. The predicted molar refractivity (Wildman–Crippen MR) is 61.6 cm³/mol. The fourth-order valence-corrected chi connectivity index (χ4v) is 2.62. The maximum atomic E-state index is 11.7. The van der Waals surface area contributed by atoms with Gasteiger partial charge in [0, 0.05) is 22.5 Å². The van der Waals surface area contributed by atoms with Gasteiger partial charge in [-0.05, 0) is 13.3 Å². The Kier molecular flexibility index (Phi) is 2.69. The van der Waals surface area contributed by atoms with Gasteiger partial charge < -0.3 is 0 Å². The third-order valence-corrected chi connectivity index (χ3v) is 3.32. The average Bonchev–Trinajstić information content (AvgIpc) is 2.48. The van der Waals surface area contributed by atoms with Crippen LogP contribution in [0.5, 0.6) is 0 Å². The lowest BCUT2D eigenvalue weighted by Gasteiger charge is -1.98. The van der Waals surface area contributed by atoms with Gasteiger partial charge >= 0.3 is 0 Å². The molecule has 2 heterocycles. The van der Waals surface area contributed by atoms with E-state index in [1.807, 2.05) is 12.3 Å². The van der Waals surface area contributed by atoms with Crippen LogP contribution in [0.4, 0.5) is 0 Å². The molecule has 0 amide bonds. The predicted octanol–water partition coefficient (Wildman–Crippen LogP) is 2.00. The van der Waals surface area contributed by atoms with Crippen molar-refractivity contribution < 1.29 is 0 Å². The van der Waals surface area contributed by atoms with Gasteiger partial charge in [-0.1, -0.05) is 15.9 Å². The molecule has 0 aliphatic carbocycles. The van der Waals surface area contributed by atoms with Crippen molar-refractivity contribution in [3.05, 3.63) is 33.2 Å². The van der Waals surface area contributed by atoms with Crippen LogP contribution in [0.1, 0.15) is 11.4 Å². The first-order valence-electron chi connectivity index (χ1n) is 4.25. The Morgan fingerprint density at radius 1 is 1.64 bits per heavy atom. The molecule has 0 unspecified atom stereocenters. The highest BCUT2D eigenvalue weighted by atomic mass is 79.9. The third kappa shape index (κ3) is 1.62. The van der Waals surface area contributed by atoms with Gasteiger partial charge in [-0.25, -0.2) is 4.98 Å². The van der Waals surface area contributed by atoms with Crippen LogP contribution in [0.3, 0.4) is 0 Å². The summed E-state index contributed by atoms with van der Waals surface area (Å²) >= 11 is 4.84. The Morgan fingerprint density at radius 3 is 3.14 bits per heavy atom. The zero-order chi connectivity index (χ0) is 10.1. The van der Waals surface area contributed by atoms with Crippen LogP contribution >= 0.6 is 27.3 Å². The molecule has 2 rings (SSSR count). The minimum absolute atomic E-state index is 0.0182. The van der Waals surface area contributed by atoms with E-state index in [9.17, 15) is 4.79 Å². The highest BCUT2D eigenvalue weighted by Gasteiger charge is 2.05. The molecule has 74 valence electrons. The molecule has 2 aromatic heterocycles. The van der Waals surface area contributed by atoms with Crippen molar-refractivity contribution in [2.75, 3.05) is 5.33 Å². The topological polar surface area (TPSA) is 34.4 Å². The summed E-state index contributed by atoms with van der Waals surface area (Å²) in [5.74, 6) is 0.